The first kappa shape index (κ1) is 22.3. The van der Waals surface area contributed by atoms with Crippen LogP contribution in [0.3, 0.4) is 0 Å². The number of ether oxygens (including phenoxy) is 2. The van der Waals surface area contributed by atoms with Crippen LogP contribution in [0.5, 0.6) is 5.75 Å². The van der Waals surface area contributed by atoms with Crippen LogP contribution in [0.25, 0.3) is 10.9 Å². The molecule has 0 bridgehead atoms. The van der Waals surface area contributed by atoms with E-state index >= 15 is 0 Å². The Kier molecular flexibility index (Phi) is 5.74. The molecule has 0 saturated carbocycles. The van der Waals surface area contributed by atoms with E-state index in [-0.39, 0.29) is 29.2 Å². The first-order valence-electron chi connectivity index (χ1n) is 9.69. The van der Waals surface area contributed by atoms with E-state index < -0.39 is 17.5 Å². The molecule has 2 fully saturated rings. The summed E-state index contributed by atoms with van der Waals surface area (Å²) in [6, 6.07) is 8.18. The quantitative estimate of drug-likeness (QED) is 0.576. The van der Waals surface area contributed by atoms with Gasteiger partial charge in [-0.05, 0) is 25.1 Å². The Hall–Kier alpha value is -2.88. The standard InChI is InChI=1S/C21H19ClFN5O3.ClH/c1-11-21(8-24-11)9-28(20(29)31-21)16-6-12-15(7-17(16)30-2)25-10-26-19(12)27-14-5-3-4-13(22)18(14)23;/h3-7,10-11,24H,8-9H2,1-2H3,(H,25,26,27);1H. The van der Waals surface area contributed by atoms with Crippen molar-refractivity contribution in [3.63, 3.8) is 0 Å². The largest absolute Gasteiger partial charge is 0.494 e. The lowest BCUT2D eigenvalue weighted by Crippen LogP contribution is -2.68. The van der Waals surface area contributed by atoms with Gasteiger partial charge in [0, 0.05) is 24.0 Å². The molecule has 2 aromatic carbocycles. The smallest absolute Gasteiger partial charge is 0.415 e. The molecule has 2 atom stereocenters. The lowest BCUT2D eigenvalue weighted by atomic mass is 9.87. The Labute approximate surface area is 194 Å². The van der Waals surface area contributed by atoms with Crippen LogP contribution < -0.4 is 20.3 Å². The van der Waals surface area contributed by atoms with Crippen molar-refractivity contribution in [3.8, 4) is 5.75 Å². The number of hydrogen-bond acceptors (Lipinski definition) is 7. The summed E-state index contributed by atoms with van der Waals surface area (Å²) >= 11 is 5.90. The average molecular weight is 480 g/mol. The van der Waals surface area contributed by atoms with Crippen molar-refractivity contribution >= 4 is 58.2 Å². The van der Waals surface area contributed by atoms with Crippen LogP contribution in [0.2, 0.25) is 5.02 Å². The normalized spacial score (nSPS) is 21.8. The minimum atomic E-state index is -0.582. The molecule has 3 aromatic rings. The van der Waals surface area contributed by atoms with E-state index in [1.807, 2.05) is 6.92 Å². The topological polar surface area (TPSA) is 88.6 Å². The Morgan fingerprint density at radius 1 is 1.38 bits per heavy atom. The molecule has 0 aliphatic carbocycles. The third-order valence-electron chi connectivity index (χ3n) is 5.86. The second kappa shape index (κ2) is 8.23. The molecular formula is C21H20Cl2FN5O3. The Bertz CT molecular complexity index is 1210. The number of anilines is 3. The summed E-state index contributed by atoms with van der Waals surface area (Å²) in [6.07, 6.45) is 0.922. The highest BCUT2D eigenvalue weighted by molar-refractivity contribution is 6.31. The van der Waals surface area contributed by atoms with Gasteiger partial charge in [-0.15, -0.1) is 12.4 Å². The molecular weight excluding hydrogens is 460 g/mol. The fraction of sp³-hybridized carbons (Fsp3) is 0.286. The van der Waals surface area contributed by atoms with E-state index in [1.54, 1.807) is 29.2 Å². The molecule has 11 heteroatoms. The van der Waals surface area contributed by atoms with Gasteiger partial charge in [-0.1, -0.05) is 17.7 Å². The van der Waals surface area contributed by atoms with Crippen LogP contribution in [0.1, 0.15) is 6.92 Å². The Balaban J connectivity index is 0.00000245. The van der Waals surface area contributed by atoms with Gasteiger partial charge in [0.1, 0.15) is 17.9 Å². The summed E-state index contributed by atoms with van der Waals surface area (Å²) in [5, 5.41) is 6.79. The zero-order valence-electron chi connectivity index (χ0n) is 17.2. The number of aromatic nitrogens is 2. The molecule has 1 amide bonds. The van der Waals surface area contributed by atoms with Gasteiger partial charge in [0.25, 0.3) is 0 Å². The summed E-state index contributed by atoms with van der Waals surface area (Å²) in [7, 11) is 1.52. The molecule has 1 aromatic heterocycles. The van der Waals surface area contributed by atoms with Crippen molar-refractivity contribution in [2.75, 3.05) is 30.4 Å². The first-order chi connectivity index (χ1) is 14.9. The molecule has 2 aliphatic rings. The third-order valence-corrected chi connectivity index (χ3v) is 6.16. The molecule has 168 valence electrons. The molecule has 2 unspecified atom stereocenters. The van der Waals surface area contributed by atoms with E-state index in [9.17, 15) is 9.18 Å². The van der Waals surface area contributed by atoms with E-state index in [4.69, 9.17) is 21.1 Å². The van der Waals surface area contributed by atoms with Crippen molar-refractivity contribution in [2.45, 2.75) is 18.6 Å². The Morgan fingerprint density at radius 2 is 2.19 bits per heavy atom. The lowest BCUT2D eigenvalue weighted by Gasteiger charge is -2.43. The summed E-state index contributed by atoms with van der Waals surface area (Å²) < 4.78 is 25.6. The van der Waals surface area contributed by atoms with Crippen molar-refractivity contribution < 1.29 is 18.7 Å². The van der Waals surface area contributed by atoms with Crippen LogP contribution in [0, 0.1) is 5.82 Å². The van der Waals surface area contributed by atoms with Crippen LogP contribution in [-0.4, -0.2) is 47.9 Å². The van der Waals surface area contributed by atoms with Crippen LogP contribution in [0.15, 0.2) is 36.7 Å². The zero-order chi connectivity index (χ0) is 21.8. The van der Waals surface area contributed by atoms with Crippen molar-refractivity contribution in [1.29, 1.82) is 0 Å². The molecule has 5 rings (SSSR count). The molecule has 32 heavy (non-hydrogen) atoms. The predicted molar refractivity (Wildman–Crippen MR) is 122 cm³/mol. The number of carbonyl (C=O) groups excluding carboxylic acids is 1. The van der Waals surface area contributed by atoms with Gasteiger partial charge in [-0.3, -0.25) is 4.90 Å². The molecule has 0 radical (unpaired) electrons. The molecule has 3 heterocycles. The minimum Gasteiger partial charge on any atom is -0.494 e. The number of nitrogens with zero attached hydrogens (tertiary/aromatic N) is 3. The number of rotatable bonds is 4. The summed E-state index contributed by atoms with van der Waals surface area (Å²) in [5.41, 5.74) is 0.718. The number of fused-ring (bicyclic) bond motifs is 1. The molecule has 2 aliphatic heterocycles. The molecule has 8 nitrogen and oxygen atoms in total. The third kappa shape index (κ3) is 3.46. The maximum absolute atomic E-state index is 14.4. The minimum absolute atomic E-state index is 0. The van der Waals surface area contributed by atoms with Gasteiger partial charge < -0.3 is 20.1 Å². The maximum Gasteiger partial charge on any atom is 0.415 e. The summed E-state index contributed by atoms with van der Waals surface area (Å²) in [4.78, 5) is 22.8. The second-order valence-corrected chi connectivity index (χ2v) is 8.02. The highest BCUT2D eigenvalue weighted by atomic mass is 35.5. The number of halogens is 3. The Morgan fingerprint density at radius 3 is 2.84 bits per heavy atom. The zero-order valence-corrected chi connectivity index (χ0v) is 18.8. The number of amides is 1. The van der Waals surface area contributed by atoms with Gasteiger partial charge >= 0.3 is 6.09 Å². The van der Waals surface area contributed by atoms with Gasteiger partial charge in [-0.25, -0.2) is 19.2 Å². The molecule has 2 N–H and O–H groups in total. The highest BCUT2D eigenvalue weighted by Crippen LogP contribution is 2.41. The van der Waals surface area contributed by atoms with Gasteiger partial charge in [0.2, 0.25) is 0 Å². The van der Waals surface area contributed by atoms with Crippen molar-refractivity contribution in [2.24, 2.45) is 0 Å². The molecule has 2 saturated heterocycles. The van der Waals surface area contributed by atoms with Crippen molar-refractivity contribution in [1.82, 2.24) is 15.3 Å². The number of benzene rings is 2. The lowest BCUT2D eigenvalue weighted by molar-refractivity contribution is -0.0240. The van der Waals surface area contributed by atoms with E-state index in [2.05, 4.69) is 20.6 Å². The van der Waals surface area contributed by atoms with E-state index in [0.717, 1.165) is 0 Å². The molecule has 1 spiro atoms. The second-order valence-electron chi connectivity index (χ2n) is 7.61. The van der Waals surface area contributed by atoms with Crippen LogP contribution >= 0.6 is 24.0 Å². The monoisotopic (exact) mass is 479 g/mol. The number of methoxy groups -OCH3 is 1. The number of carbonyl (C=O) groups is 1. The van der Waals surface area contributed by atoms with Crippen LogP contribution in [-0.2, 0) is 4.74 Å². The summed E-state index contributed by atoms with van der Waals surface area (Å²) in [6.45, 7) is 2.96. The van der Waals surface area contributed by atoms with E-state index in [0.29, 0.717) is 41.2 Å². The van der Waals surface area contributed by atoms with Gasteiger partial charge in [0.15, 0.2) is 11.4 Å². The van der Waals surface area contributed by atoms with Gasteiger partial charge in [-0.2, -0.15) is 0 Å². The SMILES string of the molecule is COc1cc2ncnc(Nc3cccc(Cl)c3F)c2cc1N1CC2(CNC2C)OC1=O.Cl. The number of nitrogens with one attached hydrogen (secondary N) is 2. The summed E-state index contributed by atoms with van der Waals surface area (Å²) in [5.74, 6) is 0.261. The van der Waals surface area contributed by atoms with Crippen LogP contribution in [0.4, 0.5) is 26.4 Å². The van der Waals surface area contributed by atoms with Crippen molar-refractivity contribution in [3.05, 3.63) is 47.5 Å². The predicted octanol–water partition coefficient (Wildman–Crippen LogP) is 4.28. The van der Waals surface area contributed by atoms with Gasteiger partial charge in [0.05, 0.1) is 35.6 Å². The van der Waals surface area contributed by atoms with E-state index in [1.165, 1.54) is 19.5 Å². The maximum atomic E-state index is 14.4. The highest BCUT2D eigenvalue weighted by Gasteiger charge is 2.55. The number of hydrogen-bond donors (Lipinski definition) is 2. The fourth-order valence-corrected chi connectivity index (χ4v) is 4.08. The first-order valence-corrected chi connectivity index (χ1v) is 10.1. The average Bonchev–Trinajstić information content (AvgIpc) is 3.14. The fourth-order valence-electron chi connectivity index (χ4n) is 3.90.